The molecular weight excluding hydrogens is 260 g/mol. The summed E-state index contributed by atoms with van der Waals surface area (Å²) >= 11 is 0. The molecule has 0 atom stereocenters. The van der Waals surface area contributed by atoms with Crippen LogP contribution >= 0.6 is 0 Å². The Bertz CT molecular complexity index is 474. The Hall–Kier alpha value is -2.08. The van der Waals surface area contributed by atoms with Crippen molar-refractivity contribution in [1.82, 2.24) is 4.90 Å². The molecule has 0 fully saturated rings. The summed E-state index contributed by atoms with van der Waals surface area (Å²) in [5.41, 5.74) is 0.342. The fraction of sp³-hybridized carbons (Fsp3) is 0.429. The van der Waals surface area contributed by atoms with Gasteiger partial charge in [0.15, 0.2) is 0 Å². The largest absolute Gasteiger partial charge is 0.478 e. The van der Waals surface area contributed by atoms with Gasteiger partial charge in [-0.05, 0) is 26.0 Å². The highest BCUT2D eigenvalue weighted by molar-refractivity contribution is 5.99. The van der Waals surface area contributed by atoms with Gasteiger partial charge in [-0.25, -0.2) is 9.59 Å². The molecule has 2 amide bonds. The van der Waals surface area contributed by atoms with Gasteiger partial charge in [0.2, 0.25) is 0 Å². The summed E-state index contributed by atoms with van der Waals surface area (Å²) in [6.07, 6.45) is 0.110. The SMILES string of the molecule is CC(C)OCCN(C)C(=O)Nc1ccccc1C(=O)O. The van der Waals surface area contributed by atoms with E-state index in [4.69, 9.17) is 9.84 Å². The molecule has 0 saturated heterocycles. The fourth-order valence-electron chi connectivity index (χ4n) is 1.52. The number of carbonyl (C=O) groups excluding carboxylic acids is 1. The lowest BCUT2D eigenvalue weighted by molar-refractivity contribution is 0.0687. The monoisotopic (exact) mass is 280 g/mol. The zero-order valence-electron chi connectivity index (χ0n) is 11.9. The van der Waals surface area contributed by atoms with Crippen LogP contribution in [-0.4, -0.2) is 48.3 Å². The third-order valence-electron chi connectivity index (χ3n) is 2.62. The standard InChI is InChI=1S/C14H20N2O4/c1-10(2)20-9-8-16(3)14(19)15-12-7-5-4-6-11(12)13(17)18/h4-7,10H,8-9H2,1-3H3,(H,15,19)(H,17,18). The van der Waals surface area contributed by atoms with Crippen LogP contribution in [0.3, 0.4) is 0 Å². The van der Waals surface area contributed by atoms with Gasteiger partial charge in [0.05, 0.1) is 24.0 Å². The number of urea groups is 1. The summed E-state index contributed by atoms with van der Waals surface area (Å²) in [5, 5.41) is 11.6. The number of hydrogen-bond donors (Lipinski definition) is 2. The molecule has 20 heavy (non-hydrogen) atoms. The number of amides is 2. The van der Waals surface area contributed by atoms with Crippen LogP contribution in [0.4, 0.5) is 10.5 Å². The molecule has 2 N–H and O–H groups in total. The van der Waals surface area contributed by atoms with Crippen molar-refractivity contribution in [3.63, 3.8) is 0 Å². The van der Waals surface area contributed by atoms with E-state index < -0.39 is 5.97 Å². The van der Waals surface area contributed by atoms with E-state index in [1.165, 1.54) is 11.0 Å². The average Bonchev–Trinajstić information content (AvgIpc) is 2.38. The summed E-state index contributed by atoms with van der Waals surface area (Å²) < 4.78 is 5.36. The molecule has 0 unspecified atom stereocenters. The van der Waals surface area contributed by atoms with Gasteiger partial charge in [-0.3, -0.25) is 0 Å². The van der Waals surface area contributed by atoms with E-state index in [1.807, 2.05) is 13.8 Å². The van der Waals surface area contributed by atoms with Crippen LogP contribution in [0.15, 0.2) is 24.3 Å². The number of rotatable bonds is 6. The molecule has 0 aliphatic heterocycles. The van der Waals surface area contributed by atoms with Crippen LogP contribution in [0, 0.1) is 0 Å². The molecule has 6 nitrogen and oxygen atoms in total. The van der Waals surface area contributed by atoms with E-state index in [0.717, 1.165) is 0 Å². The smallest absolute Gasteiger partial charge is 0.337 e. The highest BCUT2D eigenvalue weighted by atomic mass is 16.5. The maximum atomic E-state index is 11.9. The number of aromatic carboxylic acids is 1. The lowest BCUT2D eigenvalue weighted by atomic mass is 10.2. The molecular formula is C14H20N2O4. The van der Waals surface area contributed by atoms with Gasteiger partial charge >= 0.3 is 12.0 Å². The number of nitrogens with zero attached hydrogens (tertiary/aromatic N) is 1. The maximum absolute atomic E-state index is 11.9. The molecule has 0 bridgehead atoms. The van der Waals surface area contributed by atoms with Crippen LogP contribution in [0.5, 0.6) is 0 Å². The molecule has 110 valence electrons. The number of hydrogen-bond acceptors (Lipinski definition) is 3. The molecule has 1 rings (SSSR count). The molecule has 0 aromatic heterocycles. The molecule has 0 spiro atoms. The minimum absolute atomic E-state index is 0.0627. The first-order valence-corrected chi connectivity index (χ1v) is 6.38. The quantitative estimate of drug-likeness (QED) is 0.837. The van der Waals surface area contributed by atoms with Crippen LogP contribution in [0.1, 0.15) is 24.2 Å². The Morgan fingerprint density at radius 3 is 2.60 bits per heavy atom. The Balaban J connectivity index is 2.59. The number of carboxylic acid groups (broad SMARTS) is 1. The van der Waals surface area contributed by atoms with Crippen molar-refractivity contribution in [2.45, 2.75) is 20.0 Å². The first kappa shape index (κ1) is 16.0. The molecule has 0 heterocycles. The average molecular weight is 280 g/mol. The summed E-state index contributed by atoms with van der Waals surface area (Å²) in [5.74, 6) is -1.08. The van der Waals surface area contributed by atoms with E-state index in [9.17, 15) is 9.59 Å². The van der Waals surface area contributed by atoms with Crippen molar-refractivity contribution >= 4 is 17.7 Å². The number of ether oxygens (including phenoxy) is 1. The normalized spacial score (nSPS) is 10.4. The molecule has 0 aliphatic rings. The molecule has 0 radical (unpaired) electrons. The summed E-state index contributed by atoms with van der Waals surface area (Å²) in [6, 6.07) is 5.91. The fourth-order valence-corrected chi connectivity index (χ4v) is 1.52. The number of likely N-dealkylation sites (N-methyl/N-ethyl adjacent to an activating group) is 1. The van der Waals surface area contributed by atoms with Crippen molar-refractivity contribution in [1.29, 1.82) is 0 Å². The van der Waals surface area contributed by atoms with Gasteiger partial charge in [0.25, 0.3) is 0 Å². The van der Waals surface area contributed by atoms with E-state index in [-0.39, 0.29) is 23.4 Å². The van der Waals surface area contributed by atoms with Gasteiger partial charge in [-0.1, -0.05) is 12.1 Å². The molecule has 1 aromatic carbocycles. The number of benzene rings is 1. The molecule has 0 saturated carbocycles. The third-order valence-corrected chi connectivity index (χ3v) is 2.62. The minimum Gasteiger partial charge on any atom is -0.478 e. The van der Waals surface area contributed by atoms with Crippen molar-refractivity contribution < 1.29 is 19.4 Å². The van der Waals surface area contributed by atoms with E-state index >= 15 is 0 Å². The second kappa shape index (κ2) is 7.49. The Kier molecular flexibility index (Phi) is 5.99. The molecule has 6 heteroatoms. The zero-order valence-corrected chi connectivity index (χ0v) is 11.9. The van der Waals surface area contributed by atoms with Crippen molar-refractivity contribution in [2.24, 2.45) is 0 Å². The van der Waals surface area contributed by atoms with Crippen molar-refractivity contribution in [3.8, 4) is 0 Å². The number of anilines is 1. The topological polar surface area (TPSA) is 78.9 Å². The number of carbonyl (C=O) groups is 2. The predicted molar refractivity (Wildman–Crippen MR) is 76.1 cm³/mol. The zero-order chi connectivity index (χ0) is 15.1. The Morgan fingerprint density at radius 1 is 1.35 bits per heavy atom. The first-order chi connectivity index (χ1) is 9.41. The minimum atomic E-state index is -1.08. The van der Waals surface area contributed by atoms with Crippen LogP contribution in [0.25, 0.3) is 0 Å². The van der Waals surface area contributed by atoms with E-state index in [0.29, 0.717) is 13.2 Å². The third kappa shape index (κ3) is 4.89. The summed E-state index contributed by atoms with van der Waals surface area (Å²) in [7, 11) is 1.63. The van der Waals surface area contributed by atoms with E-state index in [1.54, 1.807) is 25.2 Å². The highest BCUT2D eigenvalue weighted by Crippen LogP contribution is 2.15. The van der Waals surface area contributed by atoms with Crippen LogP contribution in [0.2, 0.25) is 0 Å². The van der Waals surface area contributed by atoms with Gasteiger partial charge in [0, 0.05) is 13.6 Å². The molecule has 1 aromatic rings. The van der Waals surface area contributed by atoms with E-state index in [2.05, 4.69) is 5.32 Å². The Labute approximate surface area is 118 Å². The number of para-hydroxylation sites is 1. The lowest BCUT2D eigenvalue weighted by Gasteiger charge is -2.19. The molecule has 0 aliphatic carbocycles. The predicted octanol–water partition coefficient (Wildman–Crippen LogP) is 2.27. The Morgan fingerprint density at radius 2 is 2.00 bits per heavy atom. The number of carboxylic acids is 1. The second-order valence-electron chi connectivity index (χ2n) is 4.62. The van der Waals surface area contributed by atoms with Crippen LogP contribution in [-0.2, 0) is 4.74 Å². The second-order valence-corrected chi connectivity index (χ2v) is 4.62. The summed E-state index contributed by atoms with van der Waals surface area (Å²) in [4.78, 5) is 24.4. The first-order valence-electron chi connectivity index (χ1n) is 6.38. The number of nitrogens with one attached hydrogen (secondary N) is 1. The van der Waals surface area contributed by atoms with Crippen molar-refractivity contribution in [2.75, 3.05) is 25.5 Å². The van der Waals surface area contributed by atoms with Crippen molar-refractivity contribution in [3.05, 3.63) is 29.8 Å². The van der Waals surface area contributed by atoms with Crippen LogP contribution < -0.4 is 5.32 Å². The van der Waals surface area contributed by atoms with Gasteiger partial charge in [0.1, 0.15) is 0 Å². The van der Waals surface area contributed by atoms with Gasteiger partial charge in [-0.15, -0.1) is 0 Å². The highest BCUT2D eigenvalue weighted by Gasteiger charge is 2.14. The van der Waals surface area contributed by atoms with Gasteiger partial charge < -0.3 is 20.1 Å². The summed E-state index contributed by atoms with van der Waals surface area (Å²) in [6.45, 7) is 4.70. The maximum Gasteiger partial charge on any atom is 0.337 e. The van der Waals surface area contributed by atoms with Gasteiger partial charge in [-0.2, -0.15) is 0 Å². The lowest BCUT2D eigenvalue weighted by Crippen LogP contribution is -2.34.